The highest BCUT2D eigenvalue weighted by Gasteiger charge is 2.31. The SMILES string of the molecule is Cc1cnc([C@H]2CN(C(=O)c3c(C(C)C)noc3C)CCO2)[nH]1. The number of rotatable bonds is 3. The molecule has 3 heterocycles. The molecule has 0 radical (unpaired) electrons. The molecule has 0 aromatic carbocycles. The number of carbonyl (C=O) groups is 1. The molecule has 0 spiro atoms. The smallest absolute Gasteiger partial charge is 0.259 e. The molecule has 7 nitrogen and oxygen atoms in total. The summed E-state index contributed by atoms with van der Waals surface area (Å²) < 4.78 is 11.0. The van der Waals surface area contributed by atoms with Gasteiger partial charge in [0.15, 0.2) is 0 Å². The van der Waals surface area contributed by atoms with Crippen molar-refractivity contribution in [3.05, 3.63) is 34.7 Å². The summed E-state index contributed by atoms with van der Waals surface area (Å²) in [4.78, 5) is 22.2. The predicted molar refractivity (Wildman–Crippen MR) is 83.3 cm³/mol. The van der Waals surface area contributed by atoms with Gasteiger partial charge in [-0.1, -0.05) is 19.0 Å². The van der Waals surface area contributed by atoms with Crippen molar-refractivity contribution in [1.82, 2.24) is 20.0 Å². The number of hydrogen-bond donors (Lipinski definition) is 1. The van der Waals surface area contributed by atoms with Crippen LogP contribution >= 0.6 is 0 Å². The van der Waals surface area contributed by atoms with Gasteiger partial charge in [0.2, 0.25) is 0 Å². The van der Waals surface area contributed by atoms with Gasteiger partial charge in [-0.15, -0.1) is 0 Å². The van der Waals surface area contributed by atoms with E-state index in [0.29, 0.717) is 36.7 Å². The molecule has 2 aromatic heterocycles. The van der Waals surface area contributed by atoms with E-state index in [9.17, 15) is 4.79 Å². The highest BCUT2D eigenvalue weighted by atomic mass is 16.5. The quantitative estimate of drug-likeness (QED) is 0.939. The van der Waals surface area contributed by atoms with Gasteiger partial charge in [-0.3, -0.25) is 4.79 Å². The Morgan fingerprint density at radius 1 is 1.43 bits per heavy atom. The van der Waals surface area contributed by atoms with Crippen LogP contribution in [-0.2, 0) is 4.74 Å². The third kappa shape index (κ3) is 3.01. The number of ether oxygens (including phenoxy) is 1. The molecule has 23 heavy (non-hydrogen) atoms. The molecule has 7 heteroatoms. The lowest BCUT2D eigenvalue weighted by atomic mass is 10.0. The van der Waals surface area contributed by atoms with Crippen molar-refractivity contribution >= 4 is 5.91 Å². The van der Waals surface area contributed by atoms with E-state index in [1.54, 1.807) is 18.0 Å². The van der Waals surface area contributed by atoms with Crippen molar-refractivity contribution in [2.24, 2.45) is 0 Å². The van der Waals surface area contributed by atoms with Crippen molar-refractivity contribution in [2.75, 3.05) is 19.7 Å². The van der Waals surface area contributed by atoms with Gasteiger partial charge in [0.05, 0.1) is 18.8 Å². The first-order valence-corrected chi connectivity index (χ1v) is 7.86. The molecule has 0 saturated carbocycles. The Hall–Kier alpha value is -2.15. The molecule has 1 amide bonds. The van der Waals surface area contributed by atoms with E-state index in [2.05, 4.69) is 15.1 Å². The van der Waals surface area contributed by atoms with E-state index in [-0.39, 0.29) is 17.9 Å². The third-order valence-electron chi connectivity index (χ3n) is 4.03. The van der Waals surface area contributed by atoms with Crippen LogP contribution < -0.4 is 0 Å². The Labute approximate surface area is 135 Å². The molecule has 1 aliphatic rings. The minimum absolute atomic E-state index is 0.0518. The summed E-state index contributed by atoms with van der Waals surface area (Å²) in [5, 5.41) is 4.04. The van der Waals surface area contributed by atoms with Crippen LogP contribution in [0.3, 0.4) is 0 Å². The van der Waals surface area contributed by atoms with Crippen molar-refractivity contribution in [3.8, 4) is 0 Å². The number of imidazole rings is 1. The fraction of sp³-hybridized carbons (Fsp3) is 0.562. The van der Waals surface area contributed by atoms with Gasteiger partial charge in [0, 0.05) is 18.4 Å². The van der Waals surface area contributed by atoms with Crippen LogP contribution in [0.15, 0.2) is 10.7 Å². The lowest BCUT2D eigenvalue weighted by molar-refractivity contribution is -0.0265. The molecular weight excluding hydrogens is 296 g/mol. The van der Waals surface area contributed by atoms with Crippen LogP contribution in [0.5, 0.6) is 0 Å². The first-order chi connectivity index (χ1) is 11.0. The standard InChI is InChI=1S/C16H22N4O3/c1-9(2)14-13(11(4)23-19-14)16(21)20-5-6-22-12(8-20)15-17-7-10(3)18-15/h7,9,12H,5-6,8H2,1-4H3,(H,17,18)/t12-/m1/s1. The normalized spacial score (nSPS) is 18.7. The summed E-state index contributed by atoms with van der Waals surface area (Å²) in [5.74, 6) is 1.40. The Bertz CT molecular complexity index is 704. The summed E-state index contributed by atoms with van der Waals surface area (Å²) in [7, 11) is 0. The Balaban J connectivity index is 1.81. The van der Waals surface area contributed by atoms with Gasteiger partial charge in [-0.05, 0) is 19.8 Å². The number of aromatic amines is 1. The minimum Gasteiger partial charge on any atom is -0.367 e. The summed E-state index contributed by atoms with van der Waals surface area (Å²) >= 11 is 0. The number of amides is 1. The van der Waals surface area contributed by atoms with Gasteiger partial charge in [-0.2, -0.15) is 0 Å². The summed E-state index contributed by atoms with van der Waals surface area (Å²) in [6.07, 6.45) is 1.53. The average Bonchev–Trinajstić information content (AvgIpc) is 3.13. The predicted octanol–water partition coefficient (Wildman–Crippen LogP) is 2.35. The lowest BCUT2D eigenvalue weighted by Crippen LogP contribution is -2.43. The van der Waals surface area contributed by atoms with Crippen LogP contribution in [0, 0.1) is 13.8 Å². The number of morpholine rings is 1. The van der Waals surface area contributed by atoms with Crippen molar-refractivity contribution < 1.29 is 14.1 Å². The number of nitrogens with zero attached hydrogens (tertiary/aromatic N) is 3. The van der Waals surface area contributed by atoms with E-state index in [0.717, 1.165) is 11.5 Å². The zero-order valence-electron chi connectivity index (χ0n) is 13.9. The van der Waals surface area contributed by atoms with Gasteiger partial charge in [-0.25, -0.2) is 4.98 Å². The van der Waals surface area contributed by atoms with E-state index in [1.807, 2.05) is 20.8 Å². The average molecular weight is 318 g/mol. The maximum atomic E-state index is 12.9. The second-order valence-electron chi connectivity index (χ2n) is 6.22. The number of aromatic nitrogens is 3. The summed E-state index contributed by atoms with van der Waals surface area (Å²) in [6.45, 7) is 9.23. The molecular formula is C16H22N4O3. The Morgan fingerprint density at radius 2 is 2.22 bits per heavy atom. The van der Waals surface area contributed by atoms with Gasteiger partial charge < -0.3 is 19.1 Å². The van der Waals surface area contributed by atoms with Crippen molar-refractivity contribution in [2.45, 2.75) is 39.7 Å². The van der Waals surface area contributed by atoms with Crippen molar-refractivity contribution in [3.63, 3.8) is 0 Å². The molecule has 1 atom stereocenters. The van der Waals surface area contributed by atoms with Crippen LogP contribution in [0.4, 0.5) is 0 Å². The highest BCUT2D eigenvalue weighted by molar-refractivity contribution is 5.96. The van der Waals surface area contributed by atoms with Gasteiger partial charge >= 0.3 is 0 Å². The molecule has 1 fully saturated rings. The molecule has 1 aliphatic heterocycles. The van der Waals surface area contributed by atoms with Crippen LogP contribution in [0.2, 0.25) is 0 Å². The van der Waals surface area contributed by atoms with Gasteiger partial charge in [0.25, 0.3) is 5.91 Å². The maximum Gasteiger partial charge on any atom is 0.259 e. The van der Waals surface area contributed by atoms with E-state index >= 15 is 0 Å². The fourth-order valence-electron chi connectivity index (χ4n) is 2.80. The number of hydrogen-bond acceptors (Lipinski definition) is 5. The van der Waals surface area contributed by atoms with E-state index < -0.39 is 0 Å². The second-order valence-corrected chi connectivity index (χ2v) is 6.22. The first-order valence-electron chi connectivity index (χ1n) is 7.86. The zero-order valence-corrected chi connectivity index (χ0v) is 13.9. The van der Waals surface area contributed by atoms with E-state index in [4.69, 9.17) is 9.26 Å². The second kappa shape index (κ2) is 6.16. The Morgan fingerprint density at radius 3 is 2.87 bits per heavy atom. The number of H-pyrrole nitrogens is 1. The molecule has 1 saturated heterocycles. The van der Waals surface area contributed by atoms with Crippen LogP contribution in [0.1, 0.15) is 59.2 Å². The number of aryl methyl sites for hydroxylation is 2. The summed E-state index contributed by atoms with van der Waals surface area (Å²) in [5.41, 5.74) is 2.27. The van der Waals surface area contributed by atoms with Crippen LogP contribution in [-0.4, -0.2) is 45.6 Å². The molecule has 3 rings (SSSR count). The summed E-state index contributed by atoms with van der Waals surface area (Å²) in [6, 6.07) is 0. The topological polar surface area (TPSA) is 84.2 Å². The monoisotopic (exact) mass is 318 g/mol. The largest absolute Gasteiger partial charge is 0.367 e. The maximum absolute atomic E-state index is 12.9. The van der Waals surface area contributed by atoms with E-state index in [1.165, 1.54) is 0 Å². The highest BCUT2D eigenvalue weighted by Crippen LogP contribution is 2.26. The fourth-order valence-corrected chi connectivity index (χ4v) is 2.80. The number of nitrogens with one attached hydrogen (secondary N) is 1. The number of carbonyl (C=O) groups excluding carboxylic acids is 1. The molecule has 1 N–H and O–H groups in total. The third-order valence-corrected chi connectivity index (χ3v) is 4.03. The zero-order chi connectivity index (χ0) is 16.6. The van der Waals surface area contributed by atoms with Crippen LogP contribution in [0.25, 0.3) is 0 Å². The first kappa shape index (κ1) is 15.7. The minimum atomic E-state index is -0.232. The Kier molecular flexibility index (Phi) is 4.21. The molecule has 0 unspecified atom stereocenters. The van der Waals surface area contributed by atoms with Gasteiger partial charge in [0.1, 0.15) is 23.3 Å². The molecule has 124 valence electrons. The lowest BCUT2D eigenvalue weighted by Gasteiger charge is -2.32. The van der Waals surface area contributed by atoms with Crippen molar-refractivity contribution in [1.29, 1.82) is 0 Å². The molecule has 0 bridgehead atoms. The molecule has 0 aliphatic carbocycles. The molecule has 2 aromatic rings.